The third kappa shape index (κ3) is 2.92. The number of aliphatic carboxylic acids is 1. The zero-order chi connectivity index (χ0) is 12.1. The van der Waals surface area contributed by atoms with Gasteiger partial charge in [-0.2, -0.15) is 0 Å². The van der Waals surface area contributed by atoms with E-state index in [2.05, 4.69) is 5.92 Å². The molecule has 80 valence electrons. The highest BCUT2D eigenvalue weighted by Gasteiger charge is 2.08. The number of non-ortho nitro benzene ring substituents is 1. The summed E-state index contributed by atoms with van der Waals surface area (Å²) in [6.45, 7) is 0. The Bertz CT molecular complexity index is 524. The molecule has 0 aliphatic rings. The van der Waals surface area contributed by atoms with E-state index in [1.54, 1.807) is 0 Å². The summed E-state index contributed by atoms with van der Waals surface area (Å²) in [5.41, 5.74) is -0.123. The fourth-order valence-electron chi connectivity index (χ4n) is 1.01. The Morgan fingerprint density at radius 1 is 1.44 bits per heavy atom. The minimum Gasteiger partial charge on any atom is -0.472 e. The van der Waals surface area contributed by atoms with Crippen LogP contribution in [0.3, 0.4) is 0 Å². The van der Waals surface area contributed by atoms with Crippen LogP contribution in [0, 0.1) is 22.0 Å². The Kier molecular flexibility index (Phi) is 3.35. The van der Waals surface area contributed by atoms with Gasteiger partial charge in [0.2, 0.25) is 0 Å². The quantitative estimate of drug-likeness (QED) is 0.344. The summed E-state index contributed by atoms with van der Waals surface area (Å²) in [6.07, 6.45) is 0.430. The van der Waals surface area contributed by atoms with Crippen molar-refractivity contribution in [2.75, 3.05) is 0 Å². The van der Waals surface area contributed by atoms with Gasteiger partial charge in [0, 0.05) is 29.2 Å². The van der Waals surface area contributed by atoms with Crippen molar-refractivity contribution in [1.82, 2.24) is 0 Å². The van der Waals surface area contributed by atoms with Gasteiger partial charge in [0.05, 0.1) is 4.92 Å². The fourth-order valence-corrected chi connectivity index (χ4v) is 1.01. The van der Waals surface area contributed by atoms with Crippen LogP contribution < -0.4 is 0 Å². The summed E-state index contributed by atoms with van der Waals surface area (Å²) in [5.74, 6) is 2.66. The summed E-state index contributed by atoms with van der Waals surface area (Å²) in [4.78, 5) is 30.5. The molecule has 0 saturated heterocycles. The summed E-state index contributed by atoms with van der Waals surface area (Å²) in [6, 6.07) is 3.46. The van der Waals surface area contributed by atoms with Gasteiger partial charge in [-0.05, 0) is 6.07 Å². The Labute approximate surface area is 89.7 Å². The van der Waals surface area contributed by atoms with Gasteiger partial charge in [-0.25, -0.2) is 4.79 Å². The van der Waals surface area contributed by atoms with E-state index in [1.165, 1.54) is 6.07 Å². The first-order chi connectivity index (χ1) is 7.52. The minimum atomic E-state index is -1.35. The van der Waals surface area contributed by atoms with Gasteiger partial charge in [0.1, 0.15) is 6.29 Å². The molecular formula is C10H5NO5. The Balaban J connectivity index is 3.26. The predicted octanol–water partition coefficient (Wildman–Crippen LogP) is 0.843. The molecule has 0 saturated carbocycles. The van der Waals surface area contributed by atoms with Crippen LogP contribution in [0.25, 0.3) is 0 Å². The van der Waals surface area contributed by atoms with E-state index < -0.39 is 10.9 Å². The van der Waals surface area contributed by atoms with Crippen molar-refractivity contribution >= 4 is 17.9 Å². The number of hydrogen-bond acceptors (Lipinski definition) is 4. The Morgan fingerprint density at radius 3 is 2.62 bits per heavy atom. The number of hydrogen-bond donors (Lipinski definition) is 1. The highest BCUT2D eigenvalue weighted by molar-refractivity contribution is 5.87. The molecule has 6 heteroatoms. The van der Waals surface area contributed by atoms with Gasteiger partial charge in [0.15, 0.2) is 0 Å². The molecule has 16 heavy (non-hydrogen) atoms. The molecule has 1 rings (SSSR count). The van der Waals surface area contributed by atoms with Crippen molar-refractivity contribution in [1.29, 1.82) is 0 Å². The molecule has 1 aromatic rings. The second-order valence-corrected chi connectivity index (χ2v) is 2.74. The molecule has 0 aliphatic carbocycles. The smallest absolute Gasteiger partial charge is 0.382 e. The van der Waals surface area contributed by atoms with E-state index in [9.17, 15) is 19.7 Å². The maximum atomic E-state index is 10.5. The van der Waals surface area contributed by atoms with Gasteiger partial charge in [-0.15, -0.1) is 0 Å². The summed E-state index contributed by atoms with van der Waals surface area (Å²) >= 11 is 0. The molecule has 6 nitrogen and oxygen atoms in total. The molecule has 0 unspecified atom stereocenters. The lowest BCUT2D eigenvalue weighted by molar-refractivity contribution is -0.384. The maximum Gasteiger partial charge on any atom is 0.382 e. The molecule has 0 amide bonds. The van der Waals surface area contributed by atoms with E-state index in [0.717, 1.165) is 12.1 Å². The summed E-state index contributed by atoms with van der Waals surface area (Å²) in [7, 11) is 0. The average molecular weight is 219 g/mol. The van der Waals surface area contributed by atoms with Crippen molar-refractivity contribution in [3.63, 3.8) is 0 Å². The highest BCUT2D eigenvalue weighted by atomic mass is 16.6. The van der Waals surface area contributed by atoms with Crippen LogP contribution in [0.5, 0.6) is 0 Å². The molecular weight excluding hydrogens is 214 g/mol. The first-order valence-corrected chi connectivity index (χ1v) is 4.02. The Morgan fingerprint density at radius 2 is 2.12 bits per heavy atom. The van der Waals surface area contributed by atoms with E-state index in [0.29, 0.717) is 6.29 Å². The van der Waals surface area contributed by atoms with Crippen molar-refractivity contribution in [3.8, 4) is 11.8 Å². The van der Waals surface area contributed by atoms with E-state index in [4.69, 9.17) is 5.11 Å². The maximum absolute atomic E-state index is 10.5. The number of nitro groups is 1. The van der Waals surface area contributed by atoms with Gasteiger partial charge >= 0.3 is 5.97 Å². The standard InChI is InChI=1S/C10H5NO5/c12-6-8-3-7(1-2-10(13)14)4-9(5-8)11(15)16/h3-6H,(H,13,14). The Hall–Kier alpha value is -2.68. The van der Waals surface area contributed by atoms with Crippen LogP contribution in [0.15, 0.2) is 18.2 Å². The zero-order valence-electron chi connectivity index (χ0n) is 7.84. The number of aldehydes is 1. The number of carbonyl (C=O) groups is 2. The van der Waals surface area contributed by atoms with Crippen LogP contribution in [0.2, 0.25) is 0 Å². The van der Waals surface area contributed by atoms with Crippen LogP contribution in [-0.2, 0) is 4.79 Å². The summed E-state index contributed by atoms with van der Waals surface area (Å²) in [5, 5.41) is 18.8. The largest absolute Gasteiger partial charge is 0.472 e. The molecule has 0 heterocycles. The van der Waals surface area contributed by atoms with E-state index in [-0.39, 0.29) is 16.8 Å². The molecule has 0 atom stereocenters. The van der Waals surface area contributed by atoms with E-state index >= 15 is 0 Å². The molecule has 0 aromatic heterocycles. The van der Waals surface area contributed by atoms with Crippen LogP contribution >= 0.6 is 0 Å². The lowest BCUT2D eigenvalue weighted by Gasteiger charge is -1.95. The number of nitrogens with zero attached hydrogens (tertiary/aromatic N) is 1. The summed E-state index contributed by atoms with van der Waals surface area (Å²) < 4.78 is 0. The second kappa shape index (κ2) is 4.70. The third-order valence-electron chi connectivity index (χ3n) is 1.60. The number of benzene rings is 1. The fraction of sp³-hybridized carbons (Fsp3) is 0. The molecule has 1 aromatic carbocycles. The van der Waals surface area contributed by atoms with E-state index in [1.807, 2.05) is 5.92 Å². The molecule has 0 spiro atoms. The molecule has 1 N–H and O–H groups in total. The minimum absolute atomic E-state index is 0.0730. The van der Waals surface area contributed by atoms with Gasteiger partial charge in [-0.3, -0.25) is 14.9 Å². The van der Waals surface area contributed by atoms with Crippen LogP contribution in [-0.4, -0.2) is 22.3 Å². The SMILES string of the molecule is O=Cc1cc(C#CC(=O)O)cc([N+](=O)[O-])c1. The first-order valence-electron chi connectivity index (χ1n) is 4.02. The van der Waals surface area contributed by atoms with Gasteiger partial charge in [-0.1, -0.05) is 5.92 Å². The number of carboxylic acids is 1. The lowest BCUT2D eigenvalue weighted by atomic mass is 10.1. The molecule has 0 radical (unpaired) electrons. The van der Waals surface area contributed by atoms with Gasteiger partial charge in [0.25, 0.3) is 5.69 Å². The normalized spacial score (nSPS) is 8.75. The van der Waals surface area contributed by atoms with Crippen molar-refractivity contribution < 1.29 is 19.6 Å². The number of carbonyl (C=O) groups excluding carboxylic acids is 1. The van der Waals surface area contributed by atoms with Crippen LogP contribution in [0.4, 0.5) is 5.69 Å². The van der Waals surface area contributed by atoms with Gasteiger partial charge < -0.3 is 5.11 Å². The average Bonchev–Trinajstić information content (AvgIpc) is 2.25. The lowest BCUT2D eigenvalue weighted by Crippen LogP contribution is -1.93. The second-order valence-electron chi connectivity index (χ2n) is 2.74. The highest BCUT2D eigenvalue weighted by Crippen LogP contribution is 2.15. The zero-order valence-corrected chi connectivity index (χ0v) is 7.84. The number of carboxylic acid groups (broad SMARTS) is 1. The molecule has 0 fully saturated rings. The first kappa shape index (κ1) is 11.4. The van der Waals surface area contributed by atoms with Crippen molar-refractivity contribution in [2.45, 2.75) is 0 Å². The van der Waals surface area contributed by atoms with Crippen molar-refractivity contribution in [2.24, 2.45) is 0 Å². The molecule has 0 bridgehead atoms. The number of nitro benzene ring substituents is 1. The van der Waals surface area contributed by atoms with Crippen LogP contribution in [0.1, 0.15) is 15.9 Å². The van der Waals surface area contributed by atoms with Crippen molar-refractivity contribution in [3.05, 3.63) is 39.4 Å². The topological polar surface area (TPSA) is 97.5 Å². The monoisotopic (exact) mass is 219 g/mol. The molecule has 0 aliphatic heterocycles. The number of rotatable bonds is 2. The predicted molar refractivity (Wildman–Crippen MR) is 53.0 cm³/mol. The third-order valence-corrected chi connectivity index (χ3v) is 1.60.